The molecule has 0 bridgehead atoms. The molecule has 1 aromatic heterocycles. The molecule has 0 unspecified atom stereocenters. The highest BCUT2D eigenvalue weighted by Crippen LogP contribution is 2.28. The van der Waals surface area contributed by atoms with Crippen molar-refractivity contribution in [3.63, 3.8) is 0 Å². The molecule has 2 aromatic rings. The lowest BCUT2D eigenvalue weighted by Crippen LogP contribution is -2.31. The number of aromatic hydroxyl groups is 1. The second-order valence-electron chi connectivity index (χ2n) is 4.48. The van der Waals surface area contributed by atoms with E-state index in [1.165, 1.54) is 4.90 Å². The Kier molecular flexibility index (Phi) is 4.15. The van der Waals surface area contributed by atoms with Crippen molar-refractivity contribution < 1.29 is 9.90 Å². The van der Waals surface area contributed by atoms with Gasteiger partial charge in [0.05, 0.1) is 17.9 Å². The summed E-state index contributed by atoms with van der Waals surface area (Å²) in [6.45, 7) is 5.61. The number of hydrogen-bond acceptors (Lipinski definition) is 3. The highest BCUT2D eigenvalue weighted by molar-refractivity contribution is 6.05. The van der Waals surface area contributed by atoms with Gasteiger partial charge in [0.2, 0.25) is 0 Å². The van der Waals surface area contributed by atoms with Crippen LogP contribution in [0.1, 0.15) is 12.6 Å². The maximum atomic E-state index is 12.3. The van der Waals surface area contributed by atoms with Crippen LogP contribution >= 0.6 is 0 Å². The molecule has 0 atom stereocenters. The molecule has 0 aliphatic heterocycles. The molecule has 0 spiro atoms. The second-order valence-corrected chi connectivity index (χ2v) is 4.48. The number of amides is 1. The summed E-state index contributed by atoms with van der Waals surface area (Å²) in [7, 11) is 0. The molecule has 1 amide bonds. The number of rotatable bonds is 4. The van der Waals surface area contributed by atoms with Gasteiger partial charge in [-0.05, 0) is 31.2 Å². The Morgan fingerprint density at radius 1 is 1.25 bits per heavy atom. The Labute approximate surface area is 118 Å². The van der Waals surface area contributed by atoms with Gasteiger partial charge in [0.15, 0.2) is 0 Å². The van der Waals surface area contributed by atoms with Gasteiger partial charge in [0.25, 0.3) is 5.91 Å². The normalized spacial score (nSPS) is 10.1. The van der Waals surface area contributed by atoms with E-state index in [-0.39, 0.29) is 18.2 Å². The number of para-hydroxylation sites is 2. The molecule has 4 heteroatoms. The van der Waals surface area contributed by atoms with Gasteiger partial charge in [0, 0.05) is 11.8 Å². The standard InChI is InChI=1S/C16H16N2O2/c1-12(2)16(20)18(11-13-7-5-6-10-17-13)14-8-3-4-9-15(14)19/h3-10,19H,1,11H2,2H3. The average Bonchev–Trinajstić information content (AvgIpc) is 2.46. The van der Waals surface area contributed by atoms with Crippen LogP contribution in [0.4, 0.5) is 5.69 Å². The lowest BCUT2D eigenvalue weighted by Gasteiger charge is -2.23. The molecule has 0 aliphatic carbocycles. The van der Waals surface area contributed by atoms with E-state index in [1.54, 1.807) is 37.4 Å². The molecule has 0 saturated heterocycles. The van der Waals surface area contributed by atoms with Crippen molar-refractivity contribution in [1.29, 1.82) is 0 Å². The van der Waals surface area contributed by atoms with Crippen LogP contribution in [0, 0.1) is 0 Å². The van der Waals surface area contributed by atoms with Crippen molar-refractivity contribution in [2.45, 2.75) is 13.5 Å². The molecule has 20 heavy (non-hydrogen) atoms. The third-order valence-corrected chi connectivity index (χ3v) is 2.83. The first kappa shape index (κ1) is 13.8. The number of hydrogen-bond donors (Lipinski definition) is 1. The first-order valence-electron chi connectivity index (χ1n) is 6.25. The van der Waals surface area contributed by atoms with Crippen molar-refractivity contribution in [3.05, 3.63) is 66.5 Å². The predicted octanol–water partition coefficient (Wildman–Crippen LogP) is 2.90. The summed E-state index contributed by atoms with van der Waals surface area (Å²) >= 11 is 0. The van der Waals surface area contributed by atoms with Crippen LogP contribution in [0.2, 0.25) is 0 Å². The zero-order valence-electron chi connectivity index (χ0n) is 11.3. The van der Waals surface area contributed by atoms with Crippen molar-refractivity contribution >= 4 is 11.6 Å². The van der Waals surface area contributed by atoms with Gasteiger partial charge >= 0.3 is 0 Å². The Hall–Kier alpha value is -2.62. The molecule has 0 aliphatic rings. The summed E-state index contributed by atoms with van der Waals surface area (Å²) in [6, 6.07) is 12.2. The minimum Gasteiger partial charge on any atom is -0.506 e. The van der Waals surface area contributed by atoms with Crippen molar-refractivity contribution in [1.82, 2.24) is 4.98 Å². The molecule has 2 rings (SSSR count). The minimum absolute atomic E-state index is 0.0537. The number of phenols is 1. The third-order valence-electron chi connectivity index (χ3n) is 2.83. The maximum absolute atomic E-state index is 12.3. The van der Waals surface area contributed by atoms with E-state index in [2.05, 4.69) is 11.6 Å². The molecule has 0 radical (unpaired) electrons. The quantitative estimate of drug-likeness (QED) is 0.867. The first-order valence-corrected chi connectivity index (χ1v) is 6.25. The number of carbonyl (C=O) groups is 1. The van der Waals surface area contributed by atoms with E-state index >= 15 is 0 Å². The van der Waals surface area contributed by atoms with E-state index in [0.29, 0.717) is 11.3 Å². The topological polar surface area (TPSA) is 53.4 Å². The maximum Gasteiger partial charge on any atom is 0.253 e. The summed E-state index contributed by atoms with van der Waals surface area (Å²) in [5.74, 6) is -0.185. The summed E-state index contributed by atoms with van der Waals surface area (Å²) in [6.07, 6.45) is 1.67. The first-order chi connectivity index (χ1) is 9.59. The monoisotopic (exact) mass is 268 g/mol. The van der Waals surface area contributed by atoms with Crippen LogP contribution in [0.25, 0.3) is 0 Å². The second kappa shape index (κ2) is 6.02. The number of carbonyl (C=O) groups excluding carboxylic acids is 1. The van der Waals surface area contributed by atoms with Crippen LogP contribution in [0.3, 0.4) is 0 Å². The molecule has 102 valence electrons. The SMILES string of the molecule is C=C(C)C(=O)N(Cc1ccccn1)c1ccccc1O. The van der Waals surface area contributed by atoms with Crippen LogP contribution in [-0.2, 0) is 11.3 Å². The van der Waals surface area contributed by atoms with Gasteiger partial charge in [0.1, 0.15) is 5.75 Å². The largest absolute Gasteiger partial charge is 0.506 e. The number of pyridine rings is 1. The molecule has 1 N–H and O–H groups in total. The lowest BCUT2D eigenvalue weighted by molar-refractivity contribution is -0.115. The smallest absolute Gasteiger partial charge is 0.253 e. The average molecular weight is 268 g/mol. The minimum atomic E-state index is -0.239. The van der Waals surface area contributed by atoms with E-state index in [9.17, 15) is 9.90 Å². The number of aromatic nitrogens is 1. The fraction of sp³-hybridized carbons (Fsp3) is 0.125. The number of benzene rings is 1. The highest BCUT2D eigenvalue weighted by atomic mass is 16.3. The van der Waals surface area contributed by atoms with Crippen molar-refractivity contribution in [2.75, 3.05) is 4.90 Å². The molecule has 1 aromatic carbocycles. The zero-order valence-corrected chi connectivity index (χ0v) is 11.3. The predicted molar refractivity (Wildman–Crippen MR) is 78.3 cm³/mol. The van der Waals surface area contributed by atoms with Gasteiger partial charge < -0.3 is 5.11 Å². The molecule has 4 nitrogen and oxygen atoms in total. The highest BCUT2D eigenvalue weighted by Gasteiger charge is 2.19. The Balaban J connectivity index is 2.38. The Bertz CT molecular complexity index is 623. The molecule has 0 fully saturated rings. The number of phenolic OH excluding ortho intramolecular Hbond substituents is 1. The van der Waals surface area contributed by atoms with Crippen LogP contribution in [0.5, 0.6) is 5.75 Å². The van der Waals surface area contributed by atoms with E-state index in [1.807, 2.05) is 18.2 Å². The fourth-order valence-corrected chi connectivity index (χ4v) is 1.84. The van der Waals surface area contributed by atoms with Crippen LogP contribution < -0.4 is 4.90 Å². The zero-order chi connectivity index (χ0) is 14.5. The van der Waals surface area contributed by atoms with E-state index < -0.39 is 0 Å². The molecule has 0 saturated carbocycles. The fourth-order valence-electron chi connectivity index (χ4n) is 1.84. The third kappa shape index (κ3) is 3.03. The Morgan fingerprint density at radius 3 is 2.55 bits per heavy atom. The van der Waals surface area contributed by atoms with Crippen molar-refractivity contribution in [2.24, 2.45) is 0 Å². The lowest BCUT2D eigenvalue weighted by atomic mass is 10.2. The summed E-state index contributed by atoms with van der Waals surface area (Å²) < 4.78 is 0. The number of anilines is 1. The van der Waals surface area contributed by atoms with Crippen molar-refractivity contribution in [3.8, 4) is 5.75 Å². The van der Waals surface area contributed by atoms with Gasteiger partial charge in [-0.25, -0.2) is 0 Å². The summed E-state index contributed by atoms with van der Waals surface area (Å²) in [5.41, 5.74) is 1.60. The van der Waals surface area contributed by atoms with Gasteiger partial charge in [-0.3, -0.25) is 14.7 Å². The van der Waals surface area contributed by atoms with Gasteiger partial charge in [-0.1, -0.05) is 24.8 Å². The van der Waals surface area contributed by atoms with Crippen LogP contribution in [-0.4, -0.2) is 16.0 Å². The molecular formula is C16H16N2O2. The van der Waals surface area contributed by atoms with Gasteiger partial charge in [-0.15, -0.1) is 0 Å². The van der Waals surface area contributed by atoms with E-state index in [4.69, 9.17) is 0 Å². The summed E-state index contributed by atoms with van der Waals surface area (Å²) in [5, 5.41) is 9.95. The molecular weight excluding hydrogens is 252 g/mol. The number of nitrogens with zero attached hydrogens (tertiary/aromatic N) is 2. The Morgan fingerprint density at radius 2 is 1.95 bits per heavy atom. The summed E-state index contributed by atoms with van der Waals surface area (Å²) in [4.78, 5) is 18.0. The van der Waals surface area contributed by atoms with Crippen LogP contribution in [0.15, 0.2) is 60.8 Å². The van der Waals surface area contributed by atoms with Gasteiger partial charge in [-0.2, -0.15) is 0 Å². The molecule has 1 heterocycles. The van der Waals surface area contributed by atoms with E-state index in [0.717, 1.165) is 5.69 Å².